The van der Waals surface area contributed by atoms with Crippen molar-refractivity contribution in [2.24, 2.45) is 9.98 Å². The molecule has 0 bridgehead atoms. The fourth-order valence-corrected chi connectivity index (χ4v) is 9.47. The van der Waals surface area contributed by atoms with Gasteiger partial charge in [0.05, 0.1) is 38.4 Å². The van der Waals surface area contributed by atoms with Crippen molar-refractivity contribution in [2.45, 2.75) is 61.8 Å². The fourth-order valence-electron chi connectivity index (χ4n) is 9.47. The number of quaternary nitrogens is 1. The summed E-state index contributed by atoms with van der Waals surface area (Å²) in [7, 11) is 6.38. The van der Waals surface area contributed by atoms with Gasteiger partial charge in [-0.05, 0) is 125 Å². The average Bonchev–Trinajstić information content (AvgIpc) is 3.30. The molecule has 2 amide bonds. The predicted octanol–water partition coefficient (Wildman–Crippen LogP) is 12.0. The SMILES string of the molecule is CCN=c1cc2oc3cc(NCC)c(C)cc3c(-c3ccccc3C(=O)N(CCC[N+](C)(C)C)C(=O)c3ccccc3-c3c4cc(C)c(=NCC)cc-4oc4cc(NCC)c(C)cc34)c-2cc1C. The minimum Gasteiger partial charge on any atom is -0.456 e. The number of hydrogen-bond donors (Lipinski definition) is 2. The third-order valence-corrected chi connectivity index (χ3v) is 12.7. The number of benzene rings is 6. The first-order valence-electron chi connectivity index (χ1n) is 24.0. The molecule has 4 aliphatic rings. The average molecular weight is 910 g/mol. The van der Waals surface area contributed by atoms with E-state index in [9.17, 15) is 0 Å². The van der Waals surface area contributed by atoms with Crippen LogP contribution in [0.4, 0.5) is 11.4 Å². The number of carbonyl (C=O) groups excluding carboxylic acids is 2. The molecule has 0 saturated carbocycles. The zero-order valence-corrected chi connectivity index (χ0v) is 41.6. The standard InChI is InChI=1S/C58H65N6O4/c1-12-59-47-31-51-43(27-35(47)5)55(44-28-36(6)48(60-13-2)32-52(44)67-51)39-21-16-18-23-41(39)57(65)63(25-20-26-64(9,10)11)58(66)42-24-19-17-22-40(42)56-45-29-37(7)49(61-14-3)33-53(45)68-54-34-50(62-15-4)38(8)30-46(54)56/h16-19,21-24,27-34,59,61H,12-15,20,25-26H2,1-11H3/q+1. The summed E-state index contributed by atoms with van der Waals surface area (Å²) in [5.74, 6) is 0.585. The summed E-state index contributed by atoms with van der Waals surface area (Å²) in [6, 6.07) is 32.0. The highest BCUT2D eigenvalue weighted by atomic mass is 16.3. The molecule has 0 spiro atoms. The van der Waals surface area contributed by atoms with E-state index in [-0.39, 0.29) is 18.4 Å². The lowest BCUT2D eigenvalue weighted by Crippen LogP contribution is -2.41. The molecule has 8 rings (SSSR count). The zero-order valence-electron chi connectivity index (χ0n) is 41.6. The Labute approximate surface area is 400 Å². The third kappa shape index (κ3) is 9.30. The Balaban J connectivity index is 1.36. The molecular weight excluding hydrogens is 845 g/mol. The molecule has 0 unspecified atom stereocenters. The Morgan fingerprint density at radius 2 is 0.985 bits per heavy atom. The fraction of sp³-hybridized carbons (Fsp3) is 0.310. The van der Waals surface area contributed by atoms with E-state index in [0.717, 1.165) is 97.0 Å². The van der Waals surface area contributed by atoms with Crippen LogP contribution in [0.15, 0.2) is 116 Å². The van der Waals surface area contributed by atoms with E-state index in [0.29, 0.717) is 68.9 Å². The highest BCUT2D eigenvalue weighted by Gasteiger charge is 2.32. The van der Waals surface area contributed by atoms with Gasteiger partial charge < -0.3 is 24.0 Å². The molecule has 2 heterocycles. The van der Waals surface area contributed by atoms with Crippen molar-refractivity contribution in [3.63, 3.8) is 0 Å². The Bertz CT molecular complexity index is 3090. The lowest BCUT2D eigenvalue weighted by atomic mass is 9.88. The summed E-state index contributed by atoms with van der Waals surface area (Å²) in [5, 5.41) is 10.4. The monoisotopic (exact) mass is 910 g/mol. The summed E-state index contributed by atoms with van der Waals surface area (Å²) in [5.41, 5.74) is 13.2. The molecule has 4 aromatic rings. The van der Waals surface area contributed by atoms with Crippen LogP contribution in [0.1, 0.15) is 77.1 Å². The molecule has 0 fully saturated rings. The smallest absolute Gasteiger partial charge is 0.261 e. The summed E-state index contributed by atoms with van der Waals surface area (Å²) >= 11 is 0. The van der Waals surface area contributed by atoms with E-state index in [1.807, 2.05) is 86.6 Å². The first-order chi connectivity index (χ1) is 32.7. The number of imide groups is 1. The maximum absolute atomic E-state index is 15.8. The third-order valence-electron chi connectivity index (χ3n) is 12.7. The number of nitrogens with one attached hydrogen (secondary N) is 2. The number of amides is 2. The van der Waals surface area contributed by atoms with E-state index in [2.05, 4.69) is 97.6 Å². The number of carbonyl (C=O) groups is 2. The number of hydrogen-bond acceptors (Lipinski definition) is 8. The second-order valence-electron chi connectivity index (χ2n) is 18.8. The topological polar surface area (TPSA) is 112 Å². The molecule has 4 aromatic carbocycles. The van der Waals surface area contributed by atoms with Gasteiger partial charge in [-0.3, -0.25) is 24.5 Å². The quantitative estimate of drug-likeness (QED) is 0.0638. The highest BCUT2D eigenvalue weighted by Crippen LogP contribution is 2.45. The first-order valence-corrected chi connectivity index (χ1v) is 24.0. The lowest BCUT2D eigenvalue weighted by molar-refractivity contribution is -0.870. The van der Waals surface area contributed by atoms with Crippen molar-refractivity contribution >= 4 is 45.1 Å². The number of nitrogens with zero attached hydrogens (tertiary/aromatic N) is 4. The van der Waals surface area contributed by atoms with E-state index >= 15 is 9.59 Å². The molecule has 10 heteroatoms. The lowest BCUT2D eigenvalue weighted by Gasteiger charge is -2.28. The van der Waals surface area contributed by atoms with Crippen molar-refractivity contribution in [2.75, 3.05) is 71.0 Å². The molecular formula is C58H65N6O4+. The van der Waals surface area contributed by atoms with E-state index in [1.165, 1.54) is 4.90 Å². The molecule has 2 aliphatic carbocycles. The number of rotatable bonds is 14. The molecule has 0 atom stereocenters. The minimum absolute atomic E-state index is 0.214. The summed E-state index contributed by atoms with van der Waals surface area (Å²) in [6.45, 7) is 20.2. The van der Waals surface area contributed by atoms with Gasteiger partial charge in [0.2, 0.25) is 0 Å². The van der Waals surface area contributed by atoms with Gasteiger partial charge in [0.25, 0.3) is 11.8 Å². The summed E-state index contributed by atoms with van der Waals surface area (Å²) in [6.07, 6.45) is 0.599. The maximum atomic E-state index is 15.8. The van der Waals surface area contributed by atoms with Gasteiger partial charge in [0, 0.05) is 119 Å². The normalized spacial score (nSPS) is 12.5. The molecule has 0 aromatic heterocycles. The molecule has 68 heavy (non-hydrogen) atoms. The second-order valence-corrected chi connectivity index (χ2v) is 18.8. The predicted molar refractivity (Wildman–Crippen MR) is 279 cm³/mol. The van der Waals surface area contributed by atoms with Crippen molar-refractivity contribution in [1.29, 1.82) is 0 Å². The number of aryl methyl sites for hydroxylation is 4. The highest BCUT2D eigenvalue weighted by molar-refractivity contribution is 6.18. The Morgan fingerprint density at radius 1 is 0.559 bits per heavy atom. The van der Waals surface area contributed by atoms with Gasteiger partial charge in [0.1, 0.15) is 22.7 Å². The Kier molecular flexibility index (Phi) is 13.7. The molecule has 2 N–H and O–H groups in total. The molecule has 0 radical (unpaired) electrons. The largest absolute Gasteiger partial charge is 0.456 e. The molecule has 2 aliphatic heterocycles. The van der Waals surface area contributed by atoms with Crippen LogP contribution in [0.3, 0.4) is 0 Å². The Hall–Kier alpha value is -7.04. The van der Waals surface area contributed by atoms with Crippen molar-refractivity contribution < 1.29 is 22.9 Å². The van der Waals surface area contributed by atoms with Gasteiger partial charge >= 0.3 is 0 Å². The van der Waals surface area contributed by atoms with Gasteiger partial charge in [0.15, 0.2) is 0 Å². The second kappa shape index (κ2) is 19.7. The van der Waals surface area contributed by atoms with Crippen LogP contribution in [0, 0.1) is 27.7 Å². The van der Waals surface area contributed by atoms with Crippen LogP contribution >= 0.6 is 0 Å². The number of fused-ring (bicyclic) bond motifs is 4. The zero-order chi connectivity index (χ0) is 48.4. The van der Waals surface area contributed by atoms with Gasteiger partial charge in [-0.15, -0.1) is 0 Å². The van der Waals surface area contributed by atoms with Gasteiger partial charge in [-0.2, -0.15) is 0 Å². The Morgan fingerprint density at radius 3 is 1.38 bits per heavy atom. The van der Waals surface area contributed by atoms with E-state index in [1.54, 1.807) is 0 Å². The van der Waals surface area contributed by atoms with Crippen molar-refractivity contribution in [3.05, 3.63) is 141 Å². The minimum atomic E-state index is -0.371. The maximum Gasteiger partial charge on any atom is 0.261 e. The van der Waals surface area contributed by atoms with Crippen LogP contribution in [0.5, 0.6) is 0 Å². The summed E-state index contributed by atoms with van der Waals surface area (Å²) in [4.78, 5) is 42.6. The number of anilines is 2. The van der Waals surface area contributed by atoms with Crippen LogP contribution < -0.4 is 21.3 Å². The molecule has 10 nitrogen and oxygen atoms in total. The van der Waals surface area contributed by atoms with Gasteiger partial charge in [-0.25, -0.2) is 0 Å². The van der Waals surface area contributed by atoms with Crippen LogP contribution in [0.2, 0.25) is 0 Å². The molecule has 350 valence electrons. The van der Waals surface area contributed by atoms with E-state index < -0.39 is 0 Å². The summed E-state index contributed by atoms with van der Waals surface area (Å²) < 4.78 is 14.1. The molecule has 0 saturated heterocycles. The van der Waals surface area contributed by atoms with Crippen molar-refractivity contribution in [1.82, 2.24) is 4.90 Å². The van der Waals surface area contributed by atoms with Crippen molar-refractivity contribution in [3.8, 4) is 44.9 Å². The van der Waals surface area contributed by atoms with Crippen LogP contribution in [-0.2, 0) is 0 Å². The first kappa shape index (κ1) is 47.5. The van der Waals surface area contributed by atoms with Gasteiger partial charge in [-0.1, -0.05) is 36.4 Å². The van der Waals surface area contributed by atoms with Crippen LogP contribution in [-0.4, -0.2) is 81.6 Å². The van der Waals surface area contributed by atoms with Crippen LogP contribution in [0.25, 0.3) is 66.8 Å². The van der Waals surface area contributed by atoms with E-state index in [4.69, 9.17) is 18.8 Å².